The van der Waals surface area contributed by atoms with Crippen LogP contribution in [0.2, 0.25) is 0 Å². The molecule has 3 rings (SSSR count). The average Bonchev–Trinajstić information content (AvgIpc) is 3.06. The van der Waals surface area contributed by atoms with Crippen LogP contribution in [0.5, 0.6) is 0 Å². The Bertz CT molecular complexity index is 465. The number of nitrogens with zero attached hydrogens (tertiary/aromatic N) is 1. The van der Waals surface area contributed by atoms with Gasteiger partial charge in [0.05, 0.1) is 0 Å². The fraction of sp³-hybridized carbons (Fsp3) is 0.700. The highest BCUT2D eigenvalue weighted by molar-refractivity contribution is 5.26. The van der Waals surface area contributed by atoms with Crippen molar-refractivity contribution in [3.05, 3.63) is 35.4 Å². The molecule has 0 aromatic heterocycles. The lowest BCUT2D eigenvalue weighted by atomic mass is 9.87. The fourth-order valence-electron chi connectivity index (χ4n) is 4.31. The lowest BCUT2D eigenvalue weighted by Gasteiger charge is -2.38. The number of aryl methyl sites for hydroxylation is 1. The van der Waals surface area contributed by atoms with Crippen molar-refractivity contribution in [1.82, 2.24) is 10.2 Å². The summed E-state index contributed by atoms with van der Waals surface area (Å²) >= 11 is 0. The van der Waals surface area contributed by atoms with Gasteiger partial charge in [-0.2, -0.15) is 0 Å². The van der Waals surface area contributed by atoms with Crippen LogP contribution in [0, 0.1) is 12.8 Å². The number of hydrogen-bond acceptors (Lipinski definition) is 2. The first-order valence-electron chi connectivity index (χ1n) is 9.27. The summed E-state index contributed by atoms with van der Waals surface area (Å²) in [5.41, 5.74) is 2.92. The summed E-state index contributed by atoms with van der Waals surface area (Å²) in [5.74, 6) is 1.63. The average molecular weight is 300 g/mol. The van der Waals surface area contributed by atoms with Crippen LogP contribution in [0.25, 0.3) is 0 Å². The van der Waals surface area contributed by atoms with E-state index in [-0.39, 0.29) is 0 Å². The maximum atomic E-state index is 3.90. The Balaban J connectivity index is 1.61. The van der Waals surface area contributed by atoms with E-state index in [4.69, 9.17) is 0 Å². The van der Waals surface area contributed by atoms with Crippen molar-refractivity contribution in [2.24, 2.45) is 5.92 Å². The van der Waals surface area contributed by atoms with Gasteiger partial charge in [-0.1, -0.05) is 49.6 Å². The zero-order chi connectivity index (χ0) is 15.4. The molecule has 1 saturated carbocycles. The molecule has 0 amide bonds. The Morgan fingerprint density at radius 2 is 2.00 bits per heavy atom. The topological polar surface area (TPSA) is 15.3 Å². The predicted octanol–water partition coefficient (Wildman–Crippen LogP) is 3.95. The van der Waals surface area contributed by atoms with Crippen LogP contribution in [0.15, 0.2) is 24.3 Å². The number of likely N-dealkylation sites (N-methyl/N-ethyl adjacent to an activating group) is 1. The third-order valence-corrected chi connectivity index (χ3v) is 5.66. The van der Waals surface area contributed by atoms with Crippen molar-refractivity contribution in [2.45, 2.75) is 57.9 Å². The predicted molar refractivity (Wildman–Crippen MR) is 94.4 cm³/mol. The minimum absolute atomic E-state index is 0.666. The second-order valence-electron chi connectivity index (χ2n) is 7.45. The van der Waals surface area contributed by atoms with E-state index in [1.54, 1.807) is 0 Å². The quantitative estimate of drug-likeness (QED) is 0.885. The summed E-state index contributed by atoms with van der Waals surface area (Å²) in [4.78, 5) is 2.63. The van der Waals surface area contributed by atoms with Crippen molar-refractivity contribution in [1.29, 1.82) is 0 Å². The molecule has 2 nitrogen and oxygen atoms in total. The van der Waals surface area contributed by atoms with Crippen LogP contribution >= 0.6 is 0 Å². The maximum Gasteiger partial charge on any atom is 0.0201 e. The van der Waals surface area contributed by atoms with E-state index in [0.29, 0.717) is 12.0 Å². The minimum Gasteiger partial charge on any atom is -0.312 e. The molecule has 1 saturated heterocycles. The largest absolute Gasteiger partial charge is 0.312 e. The van der Waals surface area contributed by atoms with Crippen LogP contribution in [-0.4, -0.2) is 37.1 Å². The van der Waals surface area contributed by atoms with Crippen molar-refractivity contribution < 1.29 is 0 Å². The molecule has 1 heterocycles. The second-order valence-corrected chi connectivity index (χ2v) is 7.45. The highest BCUT2D eigenvalue weighted by Crippen LogP contribution is 2.29. The van der Waals surface area contributed by atoms with E-state index in [1.807, 2.05) is 0 Å². The summed E-state index contributed by atoms with van der Waals surface area (Å²) in [5, 5.41) is 3.90. The molecule has 22 heavy (non-hydrogen) atoms. The van der Waals surface area contributed by atoms with Crippen molar-refractivity contribution in [2.75, 3.05) is 26.2 Å². The van der Waals surface area contributed by atoms with Gasteiger partial charge in [0.25, 0.3) is 0 Å². The van der Waals surface area contributed by atoms with E-state index in [9.17, 15) is 0 Å². The zero-order valence-electron chi connectivity index (χ0n) is 14.4. The summed E-state index contributed by atoms with van der Waals surface area (Å²) in [6.07, 6.45) is 7.08. The molecule has 1 aromatic rings. The number of piperidine rings is 1. The standard InChI is InChI=1S/C20H32N2/c1-3-22-14-19(18-10-6-7-16(2)11-18)12-20(15-22)21-13-17-8-4-5-9-17/h6-7,10-11,17,19-21H,3-5,8-9,12-15H2,1-2H3. The van der Waals surface area contributed by atoms with Crippen LogP contribution in [0.1, 0.15) is 56.1 Å². The molecule has 0 spiro atoms. The molecule has 1 N–H and O–H groups in total. The van der Waals surface area contributed by atoms with Crippen molar-refractivity contribution in [3.8, 4) is 0 Å². The number of nitrogens with one attached hydrogen (secondary N) is 1. The second kappa shape index (κ2) is 7.61. The van der Waals surface area contributed by atoms with Crippen LogP contribution in [0.3, 0.4) is 0 Å². The lowest BCUT2D eigenvalue weighted by molar-refractivity contribution is 0.175. The molecule has 2 atom stereocenters. The highest BCUT2D eigenvalue weighted by atomic mass is 15.2. The van der Waals surface area contributed by atoms with Gasteiger partial charge in [0.1, 0.15) is 0 Å². The Morgan fingerprint density at radius 3 is 2.73 bits per heavy atom. The first-order chi connectivity index (χ1) is 10.7. The lowest BCUT2D eigenvalue weighted by Crippen LogP contribution is -2.49. The molecule has 2 aliphatic rings. The summed E-state index contributed by atoms with van der Waals surface area (Å²) in [7, 11) is 0. The van der Waals surface area contributed by atoms with Crippen molar-refractivity contribution in [3.63, 3.8) is 0 Å². The smallest absolute Gasteiger partial charge is 0.0201 e. The first kappa shape index (κ1) is 16.0. The Hall–Kier alpha value is -0.860. The molecule has 1 aliphatic heterocycles. The molecule has 0 bridgehead atoms. The van der Waals surface area contributed by atoms with Gasteiger partial charge in [0.2, 0.25) is 0 Å². The molecule has 122 valence electrons. The molecule has 2 heteroatoms. The first-order valence-corrected chi connectivity index (χ1v) is 9.27. The monoisotopic (exact) mass is 300 g/mol. The number of benzene rings is 1. The third kappa shape index (κ3) is 4.11. The van der Waals surface area contributed by atoms with Crippen LogP contribution in [-0.2, 0) is 0 Å². The van der Waals surface area contributed by atoms with E-state index in [1.165, 1.54) is 69.4 Å². The van der Waals surface area contributed by atoms with E-state index in [2.05, 4.69) is 48.3 Å². The van der Waals surface area contributed by atoms with Crippen LogP contribution in [0.4, 0.5) is 0 Å². The number of hydrogen-bond donors (Lipinski definition) is 1. The minimum atomic E-state index is 0.666. The Labute approximate surface area is 136 Å². The normalized spacial score (nSPS) is 27.4. The summed E-state index contributed by atoms with van der Waals surface area (Å²) < 4.78 is 0. The maximum absolute atomic E-state index is 3.90. The van der Waals surface area contributed by atoms with Crippen LogP contribution < -0.4 is 5.32 Å². The van der Waals surface area contributed by atoms with Gasteiger partial charge in [-0.3, -0.25) is 0 Å². The van der Waals surface area contributed by atoms with Gasteiger partial charge in [-0.05, 0) is 56.7 Å². The molecule has 2 fully saturated rings. The highest BCUT2D eigenvalue weighted by Gasteiger charge is 2.28. The Kier molecular flexibility index (Phi) is 5.54. The molecule has 1 aromatic carbocycles. The third-order valence-electron chi connectivity index (χ3n) is 5.66. The van der Waals surface area contributed by atoms with Gasteiger partial charge in [-0.15, -0.1) is 0 Å². The molecule has 1 aliphatic carbocycles. The molecular formula is C20H32N2. The van der Waals surface area contributed by atoms with Gasteiger partial charge < -0.3 is 10.2 Å². The fourth-order valence-corrected chi connectivity index (χ4v) is 4.31. The van der Waals surface area contributed by atoms with E-state index < -0.39 is 0 Å². The molecule has 2 unspecified atom stereocenters. The zero-order valence-corrected chi connectivity index (χ0v) is 14.4. The molecular weight excluding hydrogens is 268 g/mol. The molecule has 0 radical (unpaired) electrons. The summed E-state index contributed by atoms with van der Waals surface area (Å²) in [6.45, 7) is 9.37. The van der Waals surface area contributed by atoms with Gasteiger partial charge in [-0.25, -0.2) is 0 Å². The van der Waals surface area contributed by atoms with Gasteiger partial charge >= 0.3 is 0 Å². The van der Waals surface area contributed by atoms with E-state index >= 15 is 0 Å². The SMILES string of the molecule is CCN1CC(NCC2CCCC2)CC(c2cccc(C)c2)C1. The number of likely N-dealkylation sites (tertiary alicyclic amines) is 1. The van der Waals surface area contributed by atoms with Gasteiger partial charge in [0, 0.05) is 19.1 Å². The Morgan fingerprint density at radius 1 is 1.18 bits per heavy atom. The van der Waals surface area contributed by atoms with Gasteiger partial charge in [0.15, 0.2) is 0 Å². The van der Waals surface area contributed by atoms with E-state index in [0.717, 1.165) is 5.92 Å². The van der Waals surface area contributed by atoms with Crippen molar-refractivity contribution >= 4 is 0 Å². The summed E-state index contributed by atoms with van der Waals surface area (Å²) in [6, 6.07) is 9.80. The number of rotatable bonds is 5.